The highest BCUT2D eigenvalue weighted by molar-refractivity contribution is 8.02. The van der Waals surface area contributed by atoms with Crippen LogP contribution in [0.25, 0.3) is 11.0 Å². The van der Waals surface area contributed by atoms with Crippen molar-refractivity contribution >= 4 is 46.1 Å². The van der Waals surface area contributed by atoms with Crippen molar-refractivity contribution in [3.8, 4) is 0 Å². The number of fused-ring (bicyclic) bond motifs is 1. The Kier molecular flexibility index (Phi) is 6.46. The lowest BCUT2D eigenvalue weighted by molar-refractivity contribution is 0.100. The smallest absolute Gasteiger partial charge is 0.191 e. The van der Waals surface area contributed by atoms with Gasteiger partial charge in [-0.3, -0.25) is 19.6 Å². The molecule has 0 atom stereocenters. The number of rotatable bonds is 8. The first-order chi connectivity index (χ1) is 14.7. The van der Waals surface area contributed by atoms with Crippen LogP contribution in [0.15, 0.2) is 83.1 Å². The van der Waals surface area contributed by atoms with E-state index in [4.69, 9.17) is 0 Å². The van der Waals surface area contributed by atoms with E-state index in [1.54, 1.807) is 48.8 Å². The largest absolute Gasteiger partial charge is 0.291 e. The third-order valence-electron chi connectivity index (χ3n) is 4.09. The highest BCUT2D eigenvalue weighted by Crippen LogP contribution is 2.30. The third-order valence-corrected chi connectivity index (χ3v) is 6.15. The van der Waals surface area contributed by atoms with Crippen LogP contribution in [0, 0.1) is 0 Å². The second-order valence-electron chi connectivity index (χ2n) is 6.18. The van der Waals surface area contributed by atoms with Crippen molar-refractivity contribution in [2.45, 2.75) is 10.1 Å². The van der Waals surface area contributed by atoms with Gasteiger partial charge in [-0.15, -0.1) is 0 Å². The van der Waals surface area contributed by atoms with E-state index in [0.29, 0.717) is 21.4 Å². The van der Waals surface area contributed by atoms with Crippen molar-refractivity contribution in [2.75, 3.05) is 11.5 Å². The number of thioether (sulfide) groups is 2. The van der Waals surface area contributed by atoms with Crippen LogP contribution in [0.1, 0.15) is 21.0 Å². The highest BCUT2D eigenvalue weighted by atomic mass is 32.2. The molecule has 8 heteroatoms. The van der Waals surface area contributed by atoms with Gasteiger partial charge in [0, 0.05) is 12.4 Å². The fourth-order valence-corrected chi connectivity index (χ4v) is 4.48. The van der Waals surface area contributed by atoms with E-state index in [1.165, 1.54) is 23.5 Å². The van der Waals surface area contributed by atoms with Crippen molar-refractivity contribution in [1.82, 2.24) is 19.9 Å². The zero-order valence-electron chi connectivity index (χ0n) is 15.8. The van der Waals surface area contributed by atoms with E-state index in [2.05, 4.69) is 19.9 Å². The molecule has 1 aromatic carbocycles. The molecule has 0 aliphatic rings. The van der Waals surface area contributed by atoms with Crippen LogP contribution in [0.2, 0.25) is 0 Å². The summed E-state index contributed by atoms with van der Waals surface area (Å²) in [5, 5.41) is 1.24. The number of ketones is 2. The summed E-state index contributed by atoms with van der Waals surface area (Å²) in [5.74, 6) is 0.199. The molecule has 0 N–H and O–H groups in total. The Morgan fingerprint density at radius 3 is 1.47 bits per heavy atom. The van der Waals surface area contributed by atoms with Crippen LogP contribution in [-0.4, -0.2) is 43.0 Å². The maximum Gasteiger partial charge on any atom is 0.191 e. The number of carbonyl (C=O) groups excluding carboxylic acids is 2. The lowest BCUT2D eigenvalue weighted by Crippen LogP contribution is -2.07. The number of nitrogens with zero attached hydrogens (tertiary/aromatic N) is 4. The molecule has 0 aliphatic carbocycles. The van der Waals surface area contributed by atoms with Crippen LogP contribution in [0.4, 0.5) is 0 Å². The number of aromatic nitrogens is 4. The second kappa shape index (κ2) is 9.60. The van der Waals surface area contributed by atoms with Crippen molar-refractivity contribution in [2.24, 2.45) is 0 Å². The van der Waals surface area contributed by atoms with Crippen molar-refractivity contribution in [1.29, 1.82) is 0 Å². The standard InChI is InChI=1S/C22H16N4O2S2/c27-19(17-9-3-5-11-23-17)13-29-21-22(26-16-8-2-1-7-15(16)25-21)30-14-20(28)18-10-4-6-12-24-18/h1-12H,13-14H2. The maximum absolute atomic E-state index is 12.4. The molecule has 0 radical (unpaired) electrons. The van der Waals surface area contributed by atoms with Gasteiger partial charge in [-0.05, 0) is 36.4 Å². The number of hydrogen-bond acceptors (Lipinski definition) is 8. The van der Waals surface area contributed by atoms with Crippen LogP contribution in [0.5, 0.6) is 0 Å². The third kappa shape index (κ3) is 4.90. The summed E-state index contributed by atoms with van der Waals surface area (Å²) in [5.41, 5.74) is 2.31. The molecule has 0 amide bonds. The maximum atomic E-state index is 12.4. The number of para-hydroxylation sites is 2. The molecule has 6 nitrogen and oxygen atoms in total. The Morgan fingerprint density at radius 1 is 0.633 bits per heavy atom. The summed E-state index contributed by atoms with van der Waals surface area (Å²) in [7, 11) is 0. The molecule has 30 heavy (non-hydrogen) atoms. The minimum atomic E-state index is -0.0870. The Balaban J connectivity index is 1.54. The first-order valence-corrected chi connectivity index (χ1v) is 11.1. The van der Waals surface area contributed by atoms with Gasteiger partial charge < -0.3 is 0 Å². The molecule has 0 saturated heterocycles. The minimum absolute atomic E-state index is 0.0870. The second-order valence-corrected chi connectivity index (χ2v) is 8.10. The number of carbonyl (C=O) groups is 2. The van der Waals surface area contributed by atoms with E-state index in [1.807, 2.05) is 24.3 Å². The van der Waals surface area contributed by atoms with Crippen LogP contribution in [-0.2, 0) is 0 Å². The van der Waals surface area contributed by atoms with E-state index in [9.17, 15) is 9.59 Å². The van der Waals surface area contributed by atoms with Gasteiger partial charge >= 0.3 is 0 Å². The van der Waals surface area contributed by atoms with Crippen LogP contribution >= 0.6 is 23.5 Å². The van der Waals surface area contributed by atoms with Crippen LogP contribution < -0.4 is 0 Å². The van der Waals surface area contributed by atoms with Gasteiger partial charge in [-0.25, -0.2) is 9.97 Å². The van der Waals surface area contributed by atoms with Gasteiger partial charge in [-0.1, -0.05) is 47.8 Å². The predicted molar refractivity (Wildman–Crippen MR) is 118 cm³/mol. The molecular formula is C22H16N4O2S2. The number of Topliss-reactive ketones (excluding diaryl/α,β-unsaturated/α-hetero) is 2. The molecule has 3 heterocycles. The number of hydrogen-bond donors (Lipinski definition) is 0. The zero-order chi connectivity index (χ0) is 20.8. The van der Waals surface area contributed by atoms with Gasteiger partial charge in [0.2, 0.25) is 0 Å². The lowest BCUT2D eigenvalue weighted by atomic mass is 10.3. The van der Waals surface area contributed by atoms with Gasteiger partial charge in [0.15, 0.2) is 11.6 Å². The molecule has 4 rings (SSSR count). The van der Waals surface area contributed by atoms with Gasteiger partial charge in [0.25, 0.3) is 0 Å². The zero-order valence-corrected chi connectivity index (χ0v) is 17.4. The molecule has 0 fully saturated rings. The normalized spacial score (nSPS) is 10.8. The Labute approximate surface area is 181 Å². The molecule has 0 saturated carbocycles. The van der Waals surface area contributed by atoms with Crippen molar-refractivity contribution < 1.29 is 9.59 Å². The fraction of sp³-hybridized carbons (Fsp3) is 0.0909. The first kappa shape index (κ1) is 20.2. The van der Waals surface area contributed by atoms with Crippen molar-refractivity contribution in [3.05, 3.63) is 84.4 Å². The van der Waals surface area contributed by atoms with Gasteiger partial charge in [0.1, 0.15) is 21.4 Å². The molecular weight excluding hydrogens is 416 g/mol. The highest BCUT2D eigenvalue weighted by Gasteiger charge is 2.16. The predicted octanol–water partition coefficient (Wildman–Crippen LogP) is 4.37. The molecule has 0 spiro atoms. The molecule has 0 aliphatic heterocycles. The summed E-state index contributed by atoms with van der Waals surface area (Å²) in [6.07, 6.45) is 3.19. The lowest BCUT2D eigenvalue weighted by Gasteiger charge is -2.09. The topological polar surface area (TPSA) is 85.7 Å². The van der Waals surface area contributed by atoms with E-state index < -0.39 is 0 Å². The monoisotopic (exact) mass is 432 g/mol. The summed E-state index contributed by atoms with van der Waals surface area (Å²) in [4.78, 5) is 42.4. The average molecular weight is 433 g/mol. The van der Waals surface area contributed by atoms with E-state index in [-0.39, 0.29) is 23.1 Å². The molecule has 4 aromatic rings. The van der Waals surface area contributed by atoms with Crippen molar-refractivity contribution in [3.63, 3.8) is 0 Å². The SMILES string of the molecule is O=C(CSc1nc2ccccc2nc1SCC(=O)c1ccccn1)c1ccccn1. The molecule has 0 unspecified atom stereocenters. The summed E-state index contributed by atoms with van der Waals surface area (Å²) >= 11 is 2.60. The van der Waals surface area contributed by atoms with E-state index in [0.717, 1.165) is 11.0 Å². The molecule has 3 aromatic heterocycles. The Hall–Kier alpha value is -3.10. The minimum Gasteiger partial charge on any atom is -0.291 e. The quantitative estimate of drug-likeness (QED) is 0.300. The van der Waals surface area contributed by atoms with Gasteiger partial charge in [0.05, 0.1) is 22.5 Å². The molecule has 0 bridgehead atoms. The fourth-order valence-electron chi connectivity index (χ4n) is 2.63. The average Bonchev–Trinajstić information content (AvgIpc) is 2.81. The number of pyridine rings is 2. The summed E-state index contributed by atoms with van der Waals surface area (Å²) < 4.78 is 0. The van der Waals surface area contributed by atoms with Crippen LogP contribution in [0.3, 0.4) is 0 Å². The Bertz CT molecular complexity index is 1090. The summed E-state index contributed by atoms with van der Waals surface area (Å²) in [6, 6.07) is 18.0. The summed E-state index contributed by atoms with van der Waals surface area (Å²) in [6.45, 7) is 0. The Morgan fingerprint density at radius 2 is 1.07 bits per heavy atom. The van der Waals surface area contributed by atoms with E-state index >= 15 is 0 Å². The first-order valence-electron chi connectivity index (χ1n) is 9.11. The number of benzene rings is 1. The van der Waals surface area contributed by atoms with Gasteiger partial charge in [-0.2, -0.15) is 0 Å². The molecule has 148 valence electrons.